The molecule has 1 unspecified atom stereocenters. The normalized spacial score (nSPS) is 12.2. The fraction of sp³-hybridized carbons (Fsp3) is 0.200. The largest absolute Gasteiger partial charge is 0.484 e. The number of aryl methyl sites for hydroxylation is 1. The Morgan fingerprint density at radius 1 is 1.26 bits per heavy atom. The van der Waals surface area contributed by atoms with Crippen LogP contribution < -0.4 is 10.5 Å². The molecular weight excluding hydrogens is 309 g/mol. The summed E-state index contributed by atoms with van der Waals surface area (Å²) in [6.07, 6.45) is -0.248. The topological polar surface area (TPSA) is 35.2 Å². The summed E-state index contributed by atoms with van der Waals surface area (Å²) >= 11 is 3.42. The number of nitrogens with two attached hydrogens (primary N) is 1. The molecule has 0 aromatic heterocycles. The van der Waals surface area contributed by atoms with Crippen molar-refractivity contribution in [2.24, 2.45) is 5.73 Å². The fourth-order valence-electron chi connectivity index (χ4n) is 1.81. The van der Waals surface area contributed by atoms with Crippen molar-refractivity contribution >= 4 is 15.9 Å². The molecule has 0 bridgehead atoms. The highest BCUT2D eigenvalue weighted by molar-refractivity contribution is 9.10. The summed E-state index contributed by atoms with van der Waals surface area (Å²) in [5, 5.41) is 0. The molecule has 0 saturated heterocycles. The van der Waals surface area contributed by atoms with Crippen LogP contribution in [0.1, 0.15) is 17.2 Å². The Hall–Kier alpha value is -1.39. The third-order valence-electron chi connectivity index (χ3n) is 2.84. The maximum atomic E-state index is 13.2. The van der Waals surface area contributed by atoms with E-state index < -0.39 is 0 Å². The minimum atomic E-state index is -0.248. The number of halogens is 2. The van der Waals surface area contributed by atoms with Gasteiger partial charge in [-0.1, -0.05) is 28.1 Å². The first-order valence-electron chi connectivity index (χ1n) is 5.98. The summed E-state index contributed by atoms with van der Waals surface area (Å²) in [5.74, 6) is 0.383. The smallest absolute Gasteiger partial charge is 0.136 e. The van der Waals surface area contributed by atoms with Crippen LogP contribution in [-0.2, 0) is 0 Å². The van der Waals surface area contributed by atoms with Crippen LogP contribution in [0.3, 0.4) is 0 Å². The molecule has 0 saturated carbocycles. The second-order valence-electron chi connectivity index (χ2n) is 4.31. The molecule has 2 nitrogen and oxygen atoms in total. The summed E-state index contributed by atoms with van der Waals surface area (Å²) in [6.45, 7) is 2.06. The van der Waals surface area contributed by atoms with Gasteiger partial charge in [0.15, 0.2) is 0 Å². The van der Waals surface area contributed by atoms with Crippen LogP contribution >= 0.6 is 15.9 Å². The average molecular weight is 324 g/mol. The van der Waals surface area contributed by atoms with E-state index in [9.17, 15) is 4.39 Å². The van der Waals surface area contributed by atoms with Crippen LogP contribution in [0.2, 0.25) is 0 Å². The molecule has 0 radical (unpaired) electrons. The second kappa shape index (κ2) is 6.17. The van der Waals surface area contributed by atoms with Gasteiger partial charge in [-0.05, 0) is 48.4 Å². The summed E-state index contributed by atoms with van der Waals surface area (Å²) < 4.78 is 20.0. The molecule has 0 heterocycles. The second-order valence-corrected chi connectivity index (χ2v) is 5.22. The zero-order valence-electron chi connectivity index (χ0n) is 10.6. The van der Waals surface area contributed by atoms with E-state index in [1.165, 1.54) is 6.07 Å². The highest BCUT2D eigenvalue weighted by Crippen LogP contribution is 2.25. The highest BCUT2D eigenvalue weighted by atomic mass is 79.9. The zero-order chi connectivity index (χ0) is 13.8. The number of ether oxygens (including phenoxy) is 1. The first-order chi connectivity index (χ1) is 9.10. The van der Waals surface area contributed by atoms with E-state index in [2.05, 4.69) is 15.9 Å². The molecular formula is C15H15BrFNO. The van der Waals surface area contributed by atoms with Crippen molar-refractivity contribution in [1.29, 1.82) is 0 Å². The van der Waals surface area contributed by atoms with Gasteiger partial charge < -0.3 is 10.5 Å². The van der Waals surface area contributed by atoms with Gasteiger partial charge in [0.1, 0.15) is 17.7 Å². The van der Waals surface area contributed by atoms with Gasteiger partial charge in [-0.2, -0.15) is 0 Å². The van der Waals surface area contributed by atoms with Crippen molar-refractivity contribution in [2.45, 2.75) is 13.0 Å². The van der Waals surface area contributed by atoms with Gasteiger partial charge in [-0.25, -0.2) is 4.39 Å². The molecule has 19 heavy (non-hydrogen) atoms. The van der Waals surface area contributed by atoms with E-state index in [-0.39, 0.29) is 11.9 Å². The van der Waals surface area contributed by atoms with Crippen molar-refractivity contribution in [1.82, 2.24) is 0 Å². The summed E-state index contributed by atoms with van der Waals surface area (Å²) in [6, 6.07) is 12.5. The van der Waals surface area contributed by atoms with Gasteiger partial charge in [0.25, 0.3) is 0 Å². The number of hydrogen-bond donors (Lipinski definition) is 1. The minimum Gasteiger partial charge on any atom is -0.484 e. The molecule has 0 aliphatic rings. The summed E-state index contributed by atoms with van der Waals surface area (Å²) in [7, 11) is 0. The quantitative estimate of drug-likeness (QED) is 0.923. The third kappa shape index (κ3) is 3.55. The summed E-state index contributed by atoms with van der Waals surface area (Å²) in [5.41, 5.74) is 7.30. The Bertz CT molecular complexity index is 574. The van der Waals surface area contributed by atoms with Crippen LogP contribution in [0.15, 0.2) is 46.9 Å². The maximum absolute atomic E-state index is 13.2. The molecule has 100 valence electrons. The Labute approximate surface area is 120 Å². The Kier molecular flexibility index (Phi) is 4.56. The third-order valence-corrected chi connectivity index (χ3v) is 3.34. The van der Waals surface area contributed by atoms with E-state index in [1.807, 2.05) is 24.3 Å². The van der Waals surface area contributed by atoms with Gasteiger partial charge in [0.05, 0.1) is 0 Å². The van der Waals surface area contributed by atoms with Crippen LogP contribution in [0.4, 0.5) is 4.39 Å². The van der Waals surface area contributed by atoms with Crippen molar-refractivity contribution in [3.05, 3.63) is 63.9 Å². The molecule has 2 aromatic rings. The average Bonchev–Trinajstić information content (AvgIpc) is 2.40. The van der Waals surface area contributed by atoms with E-state index in [1.54, 1.807) is 19.1 Å². The number of benzene rings is 2. The maximum Gasteiger partial charge on any atom is 0.136 e. The standard InChI is InChI=1S/C15H15BrFNO/c1-10-7-13(5-6-14(10)17)19-15(9-18)11-3-2-4-12(16)8-11/h2-8,15H,9,18H2,1H3. The van der Waals surface area contributed by atoms with E-state index >= 15 is 0 Å². The van der Waals surface area contributed by atoms with Gasteiger partial charge in [0, 0.05) is 11.0 Å². The van der Waals surface area contributed by atoms with Gasteiger partial charge in [-0.15, -0.1) is 0 Å². The lowest BCUT2D eigenvalue weighted by Crippen LogP contribution is -2.18. The Balaban J connectivity index is 2.21. The van der Waals surface area contributed by atoms with Gasteiger partial charge in [-0.3, -0.25) is 0 Å². The Morgan fingerprint density at radius 2 is 2.05 bits per heavy atom. The predicted octanol–water partition coefficient (Wildman–Crippen LogP) is 3.98. The SMILES string of the molecule is Cc1cc(OC(CN)c2cccc(Br)c2)ccc1F. The van der Waals surface area contributed by atoms with Crippen LogP contribution in [0.5, 0.6) is 5.75 Å². The van der Waals surface area contributed by atoms with Gasteiger partial charge >= 0.3 is 0 Å². The molecule has 1 atom stereocenters. The van der Waals surface area contributed by atoms with Crippen LogP contribution in [-0.4, -0.2) is 6.54 Å². The van der Waals surface area contributed by atoms with E-state index in [4.69, 9.17) is 10.5 Å². The summed E-state index contributed by atoms with van der Waals surface area (Å²) in [4.78, 5) is 0. The minimum absolute atomic E-state index is 0.237. The van der Waals surface area contributed by atoms with Crippen molar-refractivity contribution < 1.29 is 9.13 Å². The fourth-order valence-corrected chi connectivity index (χ4v) is 2.23. The van der Waals surface area contributed by atoms with Crippen molar-refractivity contribution in [3.8, 4) is 5.75 Å². The molecule has 0 aliphatic carbocycles. The Morgan fingerprint density at radius 3 is 2.68 bits per heavy atom. The van der Waals surface area contributed by atoms with E-state index in [0.29, 0.717) is 17.9 Å². The zero-order valence-corrected chi connectivity index (χ0v) is 12.2. The van der Waals surface area contributed by atoms with E-state index in [0.717, 1.165) is 10.0 Å². The molecule has 0 aliphatic heterocycles. The molecule has 2 N–H and O–H groups in total. The highest BCUT2D eigenvalue weighted by Gasteiger charge is 2.12. The molecule has 2 aromatic carbocycles. The molecule has 0 fully saturated rings. The monoisotopic (exact) mass is 323 g/mol. The molecule has 4 heteroatoms. The number of hydrogen-bond acceptors (Lipinski definition) is 2. The predicted molar refractivity (Wildman–Crippen MR) is 77.7 cm³/mol. The van der Waals surface area contributed by atoms with Crippen LogP contribution in [0, 0.1) is 12.7 Å². The molecule has 0 amide bonds. The molecule has 2 rings (SSSR count). The lowest BCUT2D eigenvalue weighted by Gasteiger charge is -2.18. The first-order valence-corrected chi connectivity index (χ1v) is 6.78. The van der Waals surface area contributed by atoms with Crippen LogP contribution in [0.25, 0.3) is 0 Å². The lowest BCUT2D eigenvalue weighted by atomic mass is 10.1. The first kappa shape index (κ1) is 14.0. The number of rotatable bonds is 4. The van der Waals surface area contributed by atoms with Gasteiger partial charge in [0.2, 0.25) is 0 Å². The lowest BCUT2D eigenvalue weighted by molar-refractivity contribution is 0.214. The molecule has 0 spiro atoms. The van der Waals surface area contributed by atoms with Crippen molar-refractivity contribution in [2.75, 3.05) is 6.54 Å². The van der Waals surface area contributed by atoms with Crippen molar-refractivity contribution in [3.63, 3.8) is 0 Å².